The second kappa shape index (κ2) is 52.1. The predicted octanol–water partition coefficient (Wildman–Crippen LogP) is 12.5. The highest BCUT2D eigenvalue weighted by atomic mass is 16.7. The molecule has 2 fully saturated rings. The van der Waals surface area contributed by atoms with Gasteiger partial charge in [-0.25, -0.2) is 0 Å². The lowest BCUT2D eigenvalue weighted by atomic mass is 9.97. The van der Waals surface area contributed by atoms with Crippen molar-refractivity contribution in [3.05, 3.63) is 60.8 Å². The van der Waals surface area contributed by atoms with Crippen molar-refractivity contribution in [3.63, 3.8) is 0 Å². The van der Waals surface area contributed by atoms with Crippen LogP contribution < -0.4 is 5.32 Å². The lowest BCUT2D eigenvalue weighted by molar-refractivity contribution is -0.359. The van der Waals surface area contributed by atoms with Crippen LogP contribution in [0.25, 0.3) is 0 Å². The van der Waals surface area contributed by atoms with E-state index < -0.39 is 86.8 Å². The van der Waals surface area contributed by atoms with E-state index in [0.717, 1.165) is 57.8 Å². The van der Waals surface area contributed by atoms with Crippen LogP contribution in [0, 0.1) is 0 Å². The van der Waals surface area contributed by atoms with Gasteiger partial charge in [-0.05, 0) is 77.0 Å². The number of aliphatic hydroxyl groups is 8. The molecule has 0 spiro atoms. The third kappa shape index (κ3) is 37.0. The van der Waals surface area contributed by atoms with Gasteiger partial charge in [0.05, 0.1) is 32.0 Å². The van der Waals surface area contributed by atoms with Crippen LogP contribution in [0.4, 0.5) is 0 Å². The van der Waals surface area contributed by atoms with Gasteiger partial charge in [-0.3, -0.25) is 4.79 Å². The Morgan fingerprint density at radius 1 is 0.444 bits per heavy atom. The molecule has 9 N–H and O–H groups in total. The molecule has 0 saturated carbocycles. The Kier molecular flexibility index (Phi) is 48.1. The smallest absolute Gasteiger partial charge is 0.220 e. The maximum absolute atomic E-state index is 13.3. The number of hydrogen-bond acceptors (Lipinski definition) is 13. The van der Waals surface area contributed by atoms with Gasteiger partial charge in [0.2, 0.25) is 5.91 Å². The van der Waals surface area contributed by atoms with Gasteiger partial charge in [-0.15, -0.1) is 0 Å². The van der Waals surface area contributed by atoms with E-state index in [1.54, 1.807) is 6.08 Å². The Morgan fingerprint density at radius 3 is 1.31 bits per heavy atom. The molecule has 0 aliphatic carbocycles. The molecule has 0 bridgehead atoms. The van der Waals surface area contributed by atoms with Gasteiger partial charge in [-0.2, -0.15) is 0 Å². The molecule has 2 aliphatic rings. The van der Waals surface area contributed by atoms with Crippen LogP contribution in [0.5, 0.6) is 0 Å². The Balaban J connectivity index is 1.74. The molecule has 14 nitrogen and oxygen atoms in total. The summed E-state index contributed by atoms with van der Waals surface area (Å²) in [7, 11) is 0. The van der Waals surface area contributed by atoms with Crippen molar-refractivity contribution in [3.8, 4) is 0 Å². The molecule has 0 aromatic rings. The molecular formula is C67H121NO13. The highest BCUT2D eigenvalue weighted by molar-refractivity contribution is 5.76. The number of nitrogens with one attached hydrogen (secondary N) is 1. The number of allylic oxidation sites excluding steroid dienone is 9. The zero-order chi connectivity index (χ0) is 58.8. The zero-order valence-corrected chi connectivity index (χ0v) is 51.0. The predicted molar refractivity (Wildman–Crippen MR) is 327 cm³/mol. The molecule has 472 valence electrons. The molecule has 0 radical (unpaired) electrons. The van der Waals surface area contributed by atoms with E-state index in [2.05, 4.69) is 67.8 Å². The average Bonchev–Trinajstić information content (AvgIpc) is 3.63. The monoisotopic (exact) mass is 1150 g/mol. The first-order valence-corrected chi connectivity index (χ1v) is 33.0. The van der Waals surface area contributed by atoms with Crippen LogP contribution in [0.1, 0.15) is 264 Å². The van der Waals surface area contributed by atoms with Crippen LogP contribution >= 0.6 is 0 Å². The van der Waals surface area contributed by atoms with Gasteiger partial charge >= 0.3 is 0 Å². The molecule has 0 aromatic carbocycles. The summed E-state index contributed by atoms with van der Waals surface area (Å²) in [5.41, 5.74) is 0. The highest BCUT2D eigenvalue weighted by Gasteiger charge is 2.51. The van der Waals surface area contributed by atoms with E-state index in [0.29, 0.717) is 12.8 Å². The molecule has 0 aromatic heterocycles. The molecule has 2 heterocycles. The van der Waals surface area contributed by atoms with E-state index in [1.807, 2.05) is 6.08 Å². The molecule has 1 amide bonds. The summed E-state index contributed by atoms with van der Waals surface area (Å²) in [6.45, 7) is 2.77. The fourth-order valence-corrected chi connectivity index (χ4v) is 10.6. The van der Waals surface area contributed by atoms with E-state index in [4.69, 9.17) is 18.9 Å². The summed E-state index contributed by atoms with van der Waals surface area (Å²) in [5.74, 6) is -0.258. The Labute approximate surface area is 492 Å². The number of amides is 1. The minimum atomic E-state index is -1.80. The summed E-state index contributed by atoms with van der Waals surface area (Å²) in [4.78, 5) is 13.3. The molecule has 12 unspecified atom stereocenters. The highest BCUT2D eigenvalue weighted by Crippen LogP contribution is 2.30. The first-order chi connectivity index (χ1) is 39.6. The number of carbonyl (C=O) groups is 1. The Bertz CT molecular complexity index is 1590. The maximum atomic E-state index is 13.3. The van der Waals surface area contributed by atoms with Crippen molar-refractivity contribution in [2.75, 3.05) is 19.8 Å². The number of aliphatic hydroxyl groups excluding tert-OH is 8. The molecule has 12 atom stereocenters. The number of hydrogen-bond donors (Lipinski definition) is 9. The minimum Gasteiger partial charge on any atom is -0.394 e. The normalized spacial score (nSPS) is 24.5. The van der Waals surface area contributed by atoms with Crippen molar-refractivity contribution >= 4 is 5.91 Å². The van der Waals surface area contributed by atoms with E-state index in [1.165, 1.54) is 173 Å². The number of ether oxygens (including phenoxy) is 4. The van der Waals surface area contributed by atoms with Crippen molar-refractivity contribution in [1.82, 2.24) is 5.32 Å². The van der Waals surface area contributed by atoms with E-state index in [9.17, 15) is 45.6 Å². The van der Waals surface area contributed by atoms with Crippen LogP contribution in [-0.4, -0.2) is 140 Å². The lowest BCUT2D eigenvalue weighted by Crippen LogP contribution is -2.65. The van der Waals surface area contributed by atoms with Gasteiger partial charge in [0, 0.05) is 6.42 Å². The number of rotatable bonds is 53. The van der Waals surface area contributed by atoms with Gasteiger partial charge in [0.1, 0.15) is 48.8 Å². The summed E-state index contributed by atoms with van der Waals surface area (Å²) < 4.78 is 22.8. The van der Waals surface area contributed by atoms with Crippen molar-refractivity contribution in [2.24, 2.45) is 0 Å². The molecular weight excluding hydrogens is 1030 g/mol. The van der Waals surface area contributed by atoms with Gasteiger partial charge in [0.25, 0.3) is 0 Å². The van der Waals surface area contributed by atoms with Gasteiger partial charge in [-0.1, -0.05) is 242 Å². The summed E-state index contributed by atoms with van der Waals surface area (Å²) >= 11 is 0. The lowest BCUT2D eigenvalue weighted by Gasteiger charge is -2.46. The topological polar surface area (TPSA) is 228 Å². The van der Waals surface area contributed by atoms with Gasteiger partial charge < -0.3 is 65.1 Å². The number of unbranched alkanes of at least 4 members (excludes halogenated alkanes) is 32. The first kappa shape index (κ1) is 74.8. The zero-order valence-electron chi connectivity index (χ0n) is 51.0. The third-order valence-electron chi connectivity index (χ3n) is 15.9. The molecule has 14 heteroatoms. The van der Waals surface area contributed by atoms with E-state index in [-0.39, 0.29) is 18.9 Å². The fourth-order valence-electron chi connectivity index (χ4n) is 10.6. The molecule has 2 rings (SSSR count). The fraction of sp³-hybridized carbons (Fsp3) is 0.836. The van der Waals surface area contributed by atoms with Crippen LogP contribution in [-0.2, 0) is 23.7 Å². The molecule has 2 aliphatic heterocycles. The SMILES string of the molecule is CCCCC/C=C\C/C=C\CCCCCCCCCCCC(=O)NC(COC1OC(CO)C(OC2OC(CO)C(O)C(O)C2O)C(O)C1O)C(O)/C=C/CC/C=C/CC/C=C/CCCCCCCCCCCCCCCCCCCC. The Hall–Kier alpha value is -2.31. The van der Waals surface area contributed by atoms with Crippen molar-refractivity contribution < 1.29 is 64.6 Å². The molecule has 81 heavy (non-hydrogen) atoms. The summed E-state index contributed by atoms with van der Waals surface area (Å²) in [5, 5.41) is 87.2. The second-order valence-electron chi connectivity index (χ2n) is 23.2. The van der Waals surface area contributed by atoms with Crippen molar-refractivity contribution in [1.29, 1.82) is 0 Å². The molecule has 2 saturated heterocycles. The minimum absolute atomic E-state index is 0.258. The summed E-state index contributed by atoms with van der Waals surface area (Å²) in [6, 6.07) is -0.943. The van der Waals surface area contributed by atoms with Crippen molar-refractivity contribution in [2.45, 2.75) is 338 Å². The van der Waals surface area contributed by atoms with Gasteiger partial charge in [0.15, 0.2) is 12.6 Å². The maximum Gasteiger partial charge on any atom is 0.220 e. The summed E-state index contributed by atoms with van der Waals surface area (Å²) in [6.07, 6.45) is 51.3. The Morgan fingerprint density at radius 2 is 0.827 bits per heavy atom. The third-order valence-corrected chi connectivity index (χ3v) is 15.9. The quantitative estimate of drug-likeness (QED) is 0.0204. The van der Waals surface area contributed by atoms with Crippen LogP contribution in [0.15, 0.2) is 60.8 Å². The van der Waals surface area contributed by atoms with Crippen LogP contribution in [0.2, 0.25) is 0 Å². The second-order valence-corrected chi connectivity index (χ2v) is 23.2. The largest absolute Gasteiger partial charge is 0.394 e. The first-order valence-electron chi connectivity index (χ1n) is 33.0. The number of carbonyl (C=O) groups excluding carboxylic acids is 1. The van der Waals surface area contributed by atoms with E-state index >= 15 is 0 Å². The van der Waals surface area contributed by atoms with Crippen LogP contribution in [0.3, 0.4) is 0 Å². The average molecular weight is 1150 g/mol. The standard InChI is InChI=1S/C67H121NO13/c1-3-5-7-9-11-13-15-17-19-21-23-24-25-26-27-28-29-30-31-33-34-36-38-40-42-44-46-48-50-56(71)55(68-59(72)51-49-47-45-43-41-39-37-35-32-22-20-18-16-14-12-10-8-6-4-2)54-78-66-64(77)62(75)65(58(53-70)80-66)81-67-63(76)61(74)60(73)57(52-69)79-67/h12,14,18,20,33-34,40,42,48,50,55-58,60-67,69-71,73-77H,3-11,13,15-17,19,21-32,35-39,41,43-47,49,51-54H2,1-2H3,(H,68,72)/b14-12-,20-18-,34-33+,42-40+,50-48+.